The molecule has 0 unspecified atom stereocenters. The molecule has 0 saturated heterocycles. The van der Waals surface area contributed by atoms with E-state index in [1.165, 1.54) is 16.7 Å². The van der Waals surface area contributed by atoms with Gasteiger partial charge in [0.1, 0.15) is 11.3 Å². The van der Waals surface area contributed by atoms with Gasteiger partial charge in [-0.25, -0.2) is 9.97 Å². The highest BCUT2D eigenvalue weighted by molar-refractivity contribution is 7.22. The number of hydrogen-bond acceptors (Lipinski definition) is 5. The first-order valence-electron chi connectivity index (χ1n) is 12.2. The van der Waals surface area contributed by atoms with Crippen LogP contribution in [0.1, 0.15) is 22.4 Å². The van der Waals surface area contributed by atoms with Gasteiger partial charge in [-0.05, 0) is 34.9 Å². The third-order valence-corrected chi connectivity index (χ3v) is 7.59. The van der Waals surface area contributed by atoms with Crippen LogP contribution in [0.4, 0.5) is 5.13 Å². The minimum atomic E-state index is -0.568. The number of ether oxygens (including phenoxy) is 1. The first-order valence-corrected chi connectivity index (χ1v) is 13.0. The summed E-state index contributed by atoms with van der Waals surface area (Å²) < 4.78 is 8.67. The van der Waals surface area contributed by atoms with E-state index >= 15 is 0 Å². The number of fused-ring (bicyclic) bond motifs is 1. The van der Waals surface area contributed by atoms with Crippen molar-refractivity contribution in [1.82, 2.24) is 14.5 Å². The predicted molar refractivity (Wildman–Crippen MR) is 150 cm³/mol. The van der Waals surface area contributed by atoms with Gasteiger partial charge in [-0.1, -0.05) is 102 Å². The maximum atomic E-state index is 5.35. The van der Waals surface area contributed by atoms with Crippen molar-refractivity contribution in [3.05, 3.63) is 144 Å². The summed E-state index contributed by atoms with van der Waals surface area (Å²) in [6.07, 6.45) is 4.07. The number of hydrogen-bond donors (Lipinski definition) is 1. The average Bonchev–Trinajstić information content (AvgIpc) is 3.61. The van der Waals surface area contributed by atoms with Gasteiger partial charge >= 0.3 is 0 Å². The highest BCUT2D eigenvalue weighted by Gasteiger charge is 2.38. The van der Waals surface area contributed by atoms with Crippen LogP contribution < -0.4 is 10.1 Å². The first-order chi connectivity index (χ1) is 18.3. The van der Waals surface area contributed by atoms with Crippen molar-refractivity contribution in [2.24, 2.45) is 0 Å². The Bertz CT molecular complexity index is 1510. The number of anilines is 1. The van der Waals surface area contributed by atoms with Crippen LogP contribution in [0.25, 0.3) is 10.2 Å². The molecule has 4 aromatic carbocycles. The van der Waals surface area contributed by atoms with Crippen molar-refractivity contribution in [2.75, 3.05) is 12.4 Å². The smallest absolute Gasteiger partial charge is 0.184 e. The van der Waals surface area contributed by atoms with Crippen LogP contribution in [0.3, 0.4) is 0 Å². The van der Waals surface area contributed by atoms with Gasteiger partial charge in [-0.2, -0.15) is 0 Å². The first kappa shape index (κ1) is 23.0. The van der Waals surface area contributed by atoms with Crippen LogP contribution in [0.5, 0.6) is 5.75 Å². The normalized spacial score (nSPS) is 11.5. The molecular weight excluding hydrogens is 476 g/mol. The van der Waals surface area contributed by atoms with Crippen molar-refractivity contribution in [2.45, 2.75) is 12.1 Å². The number of methoxy groups -OCH3 is 1. The minimum Gasteiger partial charge on any atom is -0.497 e. The van der Waals surface area contributed by atoms with Crippen LogP contribution in [0, 0.1) is 0 Å². The van der Waals surface area contributed by atoms with Gasteiger partial charge in [0.25, 0.3) is 0 Å². The van der Waals surface area contributed by atoms with Crippen molar-refractivity contribution in [1.29, 1.82) is 0 Å². The summed E-state index contributed by atoms with van der Waals surface area (Å²) in [4.78, 5) is 9.53. The topological polar surface area (TPSA) is 52.0 Å². The van der Waals surface area contributed by atoms with Gasteiger partial charge in [0, 0.05) is 6.20 Å². The van der Waals surface area contributed by atoms with E-state index in [-0.39, 0.29) is 0 Å². The number of rotatable bonds is 8. The number of imidazole rings is 1. The molecule has 37 heavy (non-hydrogen) atoms. The molecule has 0 fully saturated rings. The molecule has 2 aromatic heterocycles. The number of thiazole rings is 1. The fraction of sp³-hybridized carbons (Fsp3) is 0.0968. The summed E-state index contributed by atoms with van der Waals surface area (Å²) in [5, 5.41) is 4.32. The lowest BCUT2D eigenvalue weighted by Crippen LogP contribution is -2.36. The summed E-state index contributed by atoms with van der Waals surface area (Å²) in [6.45, 7) is 0.568. The molecule has 6 heteroatoms. The summed E-state index contributed by atoms with van der Waals surface area (Å²) in [6, 6.07) is 37.8. The lowest BCUT2D eigenvalue weighted by molar-refractivity contribution is 0.415. The molecular formula is C31H26N4OS. The number of nitrogens with one attached hydrogen (secondary N) is 1. The summed E-state index contributed by atoms with van der Waals surface area (Å²) in [7, 11) is 1.68. The van der Waals surface area contributed by atoms with Crippen LogP contribution >= 0.6 is 11.3 Å². The van der Waals surface area contributed by atoms with Gasteiger partial charge in [-0.3, -0.25) is 0 Å². The monoisotopic (exact) mass is 502 g/mol. The molecule has 0 spiro atoms. The fourth-order valence-corrected chi connectivity index (χ4v) is 5.79. The zero-order valence-electron chi connectivity index (χ0n) is 20.4. The second-order valence-corrected chi connectivity index (χ2v) is 9.82. The maximum Gasteiger partial charge on any atom is 0.184 e. The molecule has 0 radical (unpaired) electrons. The molecule has 182 valence electrons. The molecule has 0 bridgehead atoms. The molecule has 6 aromatic rings. The second-order valence-electron chi connectivity index (χ2n) is 8.79. The SMILES string of the molecule is COc1ccc2nc(NCc3cn(C(c4ccccc4)(c4ccccc4)c4ccccc4)cn3)sc2c1. The van der Waals surface area contributed by atoms with Crippen LogP contribution in [0.15, 0.2) is 122 Å². The van der Waals surface area contributed by atoms with Gasteiger partial charge in [0.2, 0.25) is 0 Å². The summed E-state index contributed by atoms with van der Waals surface area (Å²) in [5.74, 6) is 0.834. The molecule has 0 saturated carbocycles. The Hall–Kier alpha value is -4.42. The van der Waals surface area contributed by atoms with E-state index in [1.54, 1.807) is 18.4 Å². The third kappa shape index (κ3) is 4.26. The zero-order chi connectivity index (χ0) is 25.1. The zero-order valence-corrected chi connectivity index (χ0v) is 21.2. The van der Waals surface area contributed by atoms with Gasteiger partial charge in [-0.15, -0.1) is 0 Å². The molecule has 0 aliphatic rings. The van der Waals surface area contributed by atoms with E-state index in [0.29, 0.717) is 6.54 Å². The average molecular weight is 503 g/mol. The van der Waals surface area contributed by atoms with E-state index in [2.05, 4.69) is 107 Å². The lowest BCUT2D eigenvalue weighted by atomic mass is 9.77. The molecule has 0 aliphatic heterocycles. The Labute approximate surface area is 220 Å². The Balaban J connectivity index is 1.40. The van der Waals surface area contributed by atoms with Crippen LogP contribution in [-0.2, 0) is 12.1 Å². The minimum absolute atomic E-state index is 0.568. The Morgan fingerprint density at radius 3 is 1.97 bits per heavy atom. The van der Waals surface area contributed by atoms with Crippen molar-refractivity contribution in [3.63, 3.8) is 0 Å². The van der Waals surface area contributed by atoms with Crippen molar-refractivity contribution >= 4 is 26.7 Å². The molecule has 2 heterocycles. The Morgan fingerprint density at radius 2 is 1.41 bits per heavy atom. The van der Waals surface area contributed by atoms with E-state index in [0.717, 1.165) is 26.8 Å². The number of benzene rings is 4. The van der Waals surface area contributed by atoms with E-state index in [1.807, 2.05) is 24.5 Å². The molecule has 0 atom stereocenters. The van der Waals surface area contributed by atoms with Crippen molar-refractivity contribution in [3.8, 4) is 5.75 Å². The van der Waals surface area contributed by atoms with Crippen LogP contribution in [0.2, 0.25) is 0 Å². The third-order valence-electron chi connectivity index (χ3n) is 6.61. The Kier molecular flexibility index (Phi) is 6.16. The van der Waals surface area contributed by atoms with E-state index in [4.69, 9.17) is 14.7 Å². The standard InChI is InChI=1S/C31H26N4OS/c1-36-27-17-18-28-29(19-27)37-30(34-28)32-20-26-21-35(22-33-26)31(23-11-5-2-6-12-23,24-13-7-3-8-14-24)25-15-9-4-10-16-25/h2-19,21-22H,20H2,1H3,(H,32,34). The second kappa shape index (κ2) is 9.91. The molecule has 0 amide bonds. The highest BCUT2D eigenvalue weighted by atomic mass is 32.1. The number of nitrogens with zero attached hydrogens (tertiary/aromatic N) is 3. The number of aromatic nitrogens is 3. The molecule has 6 rings (SSSR count). The van der Waals surface area contributed by atoms with Crippen molar-refractivity contribution < 1.29 is 4.74 Å². The lowest BCUT2D eigenvalue weighted by Gasteiger charge is -2.37. The van der Waals surface area contributed by atoms with Gasteiger partial charge < -0.3 is 14.6 Å². The fourth-order valence-electron chi connectivity index (χ4n) is 4.90. The quantitative estimate of drug-likeness (QED) is 0.229. The largest absolute Gasteiger partial charge is 0.497 e. The maximum absolute atomic E-state index is 5.35. The molecule has 1 N–H and O–H groups in total. The Morgan fingerprint density at radius 1 is 0.811 bits per heavy atom. The van der Waals surface area contributed by atoms with Gasteiger partial charge in [0.05, 0.1) is 35.9 Å². The summed E-state index contributed by atoms with van der Waals surface area (Å²) >= 11 is 1.61. The molecule has 5 nitrogen and oxygen atoms in total. The predicted octanol–water partition coefficient (Wildman–Crippen LogP) is 6.95. The van der Waals surface area contributed by atoms with E-state index < -0.39 is 5.54 Å². The highest BCUT2D eigenvalue weighted by Crippen LogP contribution is 2.40. The van der Waals surface area contributed by atoms with Crippen LogP contribution in [-0.4, -0.2) is 21.6 Å². The van der Waals surface area contributed by atoms with Gasteiger partial charge in [0.15, 0.2) is 5.13 Å². The summed E-state index contributed by atoms with van der Waals surface area (Å²) in [5.41, 5.74) is 4.83. The van der Waals surface area contributed by atoms with E-state index in [9.17, 15) is 0 Å². The molecule has 0 aliphatic carbocycles.